The first-order valence-corrected chi connectivity index (χ1v) is 7.98. The number of nitrogens with zero attached hydrogens (tertiary/aromatic N) is 2. The van der Waals surface area contributed by atoms with Gasteiger partial charge in [0.15, 0.2) is 12.4 Å². The van der Waals surface area contributed by atoms with Gasteiger partial charge in [-0.25, -0.2) is 0 Å². The maximum atomic E-state index is 11.2. The number of hydrogen-bond donors (Lipinski definition) is 0. The number of benzene rings is 1. The van der Waals surface area contributed by atoms with Crippen LogP contribution in [0.1, 0.15) is 18.3 Å². The minimum Gasteiger partial charge on any atom is -0.490 e. The van der Waals surface area contributed by atoms with E-state index in [0.29, 0.717) is 19.2 Å². The smallest absolute Gasteiger partial charge is 0.300 e. The lowest BCUT2D eigenvalue weighted by molar-refractivity contribution is -0.183. The molecule has 0 unspecified atom stereocenters. The molecule has 2 aliphatic heterocycles. The fraction of sp³-hybridized carbons (Fsp3) is 0.412. The quantitative estimate of drug-likeness (QED) is 0.846. The third-order valence-corrected chi connectivity index (χ3v) is 3.94. The molecule has 0 radical (unpaired) electrons. The Labute approximate surface area is 138 Å². The van der Waals surface area contributed by atoms with E-state index in [-0.39, 0.29) is 18.0 Å². The fourth-order valence-corrected chi connectivity index (χ4v) is 2.73. The Morgan fingerprint density at radius 2 is 1.96 bits per heavy atom. The zero-order valence-electron chi connectivity index (χ0n) is 13.1. The van der Waals surface area contributed by atoms with Crippen LogP contribution in [0.15, 0.2) is 41.3 Å². The number of hydrogen-bond acceptors (Lipinski definition) is 6. The van der Waals surface area contributed by atoms with Gasteiger partial charge in [-0.05, 0) is 18.6 Å². The average Bonchev–Trinajstić information content (AvgIpc) is 3.03. The maximum absolute atomic E-state index is 11.2. The predicted octanol–water partition coefficient (Wildman–Crippen LogP) is 1.52. The van der Waals surface area contributed by atoms with E-state index in [4.69, 9.17) is 18.9 Å². The number of aromatic nitrogens is 2. The van der Waals surface area contributed by atoms with Gasteiger partial charge in [0.25, 0.3) is 11.6 Å². The van der Waals surface area contributed by atoms with Gasteiger partial charge in [-0.2, -0.15) is 4.98 Å². The summed E-state index contributed by atoms with van der Waals surface area (Å²) in [5.74, 6) is 0.747. The summed E-state index contributed by atoms with van der Waals surface area (Å²) in [6.07, 6.45) is 2.17. The van der Waals surface area contributed by atoms with E-state index in [9.17, 15) is 4.79 Å². The van der Waals surface area contributed by atoms with Crippen LogP contribution in [0, 0.1) is 0 Å². The van der Waals surface area contributed by atoms with E-state index in [1.165, 1.54) is 6.07 Å². The topological polar surface area (TPSA) is 71.8 Å². The molecule has 1 saturated heterocycles. The van der Waals surface area contributed by atoms with Crippen molar-refractivity contribution in [1.29, 1.82) is 0 Å². The van der Waals surface area contributed by atoms with Gasteiger partial charge in [0.05, 0.1) is 19.8 Å². The summed E-state index contributed by atoms with van der Waals surface area (Å²) in [5.41, 5.74) is 0.680. The van der Waals surface area contributed by atoms with E-state index in [2.05, 4.69) is 4.98 Å². The SMILES string of the molecule is O=c1ccn2c(n1)O[C@H](COc1ccc(C3OCCCO3)cc1)C2. The highest BCUT2D eigenvalue weighted by molar-refractivity contribution is 5.28. The third-order valence-electron chi connectivity index (χ3n) is 3.94. The van der Waals surface area contributed by atoms with Crippen LogP contribution < -0.4 is 15.0 Å². The molecule has 3 heterocycles. The van der Waals surface area contributed by atoms with Crippen LogP contribution in [0.25, 0.3) is 0 Å². The fourth-order valence-electron chi connectivity index (χ4n) is 2.73. The minimum atomic E-state index is -0.300. The highest BCUT2D eigenvalue weighted by Gasteiger charge is 2.23. The summed E-state index contributed by atoms with van der Waals surface area (Å²) in [5, 5.41) is 0. The highest BCUT2D eigenvalue weighted by Crippen LogP contribution is 2.25. The van der Waals surface area contributed by atoms with Crippen molar-refractivity contribution in [2.24, 2.45) is 0 Å². The van der Waals surface area contributed by atoms with Crippen molar-refractivity contribution in [2.45, 2.75) is 25.4 Å². The summed E-state index contributed by atoms with van der Waals surface area (Å²) in [6.45, 7) is 2.44. The van der Waals surface area contributed by atoms with Crippen LogP contribution in [0.3, 0.4) is 0 Å². The van der Waals surface area contributed by atoms with Gasteiger partial charge in [-0.3, -0.25) is 9.36 Å². The van der Waals surface area contributed by atoms with Crippen LogP contribution in [0.5, 0.6) is 11.8 Å². The first-order chi connectivity index (χ1) is 11.8. The van der Waals surface area contributed by atoms with E-state index < -0.39 is 0 Å². The monoisotopic (exact) mass is 330 g/mol. The van der Waals surface area contributed by atoms with Gasteiger partial charge in [0.1, 0.15) is 12.4 Å². The van der Waals surface area contributed by atoms with Crippen molar-refractivity contribution in [2.75, 3.05) is 19.8 Å². The summed E-state index contributed by atoms with van der Waals surface area (Å²) < 4.78 is 24.3. The molecular weight excluding hydrogens is 312 g/mol. The first-order valence-electron chi connectivity index (χ1n) is 7.98. The molecule has 0 aliphatic carbocycles. The van der Waals surface area contributed by atoms with Crippen molar-refractivity contribution >= 4 is 0 Å². The molecule has 0 bridgehead atoms. The average molecular weight is 330 g/mol. The zero-order chi connectivity index (χ0) is 16.4. The summed E-state index contributed by atoms with van der Waals surface area (Å²) >= 11 is 0. The van der Waals surface area contributed by atoms with E-state index in [1.807, 2.05) is 24.3 Å². The van der Waals surface area contributed by atoms with Crippen molar-refractivity contribution in [1.82, 2.24) is 9.55 Å². The molecule has 1 aromatic heterocycles. The van der Waals surface area contributed by atoms with Crippen molar-refractivity contribution in [3.05, 3.63) is 52.4 Å². The molecule has 0 amide bonds. The van der Waals surface area contributed by atoms with E-state index in [1.54, 1.807) is 10.8 Å². The van der Waals surface area contributed by atoms with Crippen LogP contribution in [-0.2, 0) is 16.0 Å². The second-order valence-corrected chi connectivity index (χ2v) is 5.75. The largest absolute Gasteiger partial charge is 0.490 e. The van der Waals surface area contributed by atoms with Gasteiger partial charge in [-0.1, -0.05) is 12.1 Å². The Bertz CT molecular complexity index is 752. The molecule has 24 heavy (non-hydrogen) atoms. The normalized spacial score (nSPS) is 20.4. The summed E-state index contributed by atoms with van der Waals surface area (Å²) in [4.78, 5) is 15.0. The van der Waals surface area contributed by atoms with Crippen LogP contribution in [0.4, 0.5) is 0 Å². The lowest BCUT2D eigenvalue weighted by Gasteiger charge is -2.23. The lowest BCUT2D eigenvalue weighted by atomic mass is 10.2. The van der Waals surface area contributed by atoms with E-state index in [0.717, 1.165) is 30.9 Å². The molecule has 1 fully saturated rings. The third kappa shape index (κ3) is 3.27. The molecule has 0 N–H and O–H groups in total. The lowest BCUT2D eigenvalue weighted by Crippen LogP contribution is -2.23. The molecule has 126 valence electrons. The first kappa shape index (κ1) is 15.2. The standard InChI is InChI=1S/C17H18N2O5/c20-15-6-7-19-10-14(24-17(19)18-15)11-23-13-4-2-12(3-5-13)16-21-8-1-9-22-16/h2-7,14,16H,1,8-11H2/t14-/m0/s1. The second kappa shape index (κ2) is 6.62. The second-order valence-electron chi connectivity index (χ2n) is 5.75. The number of ether oxygens (including phenoxy) is 4. The Kier molecular flexibility index (Phi) is 4.18. The Balaban J connectivity index is 1.33. The van der Waals surface area contributed by atoms with E-state index >= 15 is 0 Å². The van der Waals surface area contributed by atoms with Crippen molar-refractivity contribution in [3.8, 4) is 11.8 Å². The van der Waals surface area contributed by atoms with Crippen molar-refractivity contribution < 1.29 is 18.9 Å². The maximum Gasteiger partial charge on any atom is 0.300 e. The molecule has 2 aromatic rings. The molecule has 2 aliphatic rings. The molecule has 1 aromatic carbocycles. The van der Waals surface area contributed by atoms with Crippen LogP contribution >= 0.6 is 0 Å². The number of rotatable bonds is 4. The van der Waals surface area contributed by atoms with Crippen LogP contribution in [0.2, 0.25) is 0 Å². The van der Waals surface area contributed by atoms with Gasteiger partial charge in [0, 0.05) is 17.8 Å². The molecule has 7 nitrogen and oxygen atoms in total. The minimum absolute atomic E-state index is 0.163. The summed E-state index contributed by atoms with van der Waals surface area (Å²) in [7, 11) is 0. The zero-order valence-corrected chi connectivity index (χ0v) is 13.1. The van der Waals surface area contributed by atoms with Gasteiger partial charge >= 0.3 is 0 Å². The Hall–Kier alpha value is -2.38. The molecular formula is C17H18N2O5. The Morgan fingerprint density at radius 1 is 1.17 bits per heavy atom. The van der Waals surface area contributed by atoms with Gasteiger partial charge < -0.3 is 18.9 Å². The molecule has 0 spiro atoms. The van der Waals surface area contributed by atoms with Crippen molar-refractivity contribution in [3.63, 3.8) is 0 Å². The highest BCUT2D eigenvalue weighted by atomic mass is 16.7. The molecule has 0 saturated carbocycles. The molecule has 4 rings (SSSR count). The number of fused-ring (bicyclic) bond motifs is 1. The molecule has 1 atom stereocenters. The van der Waals surface area contributed by atoms with Crippen LogP contribution in [-0.4, -0.2) is 35.5 Å². The molecule has 7 heteroatoms. The summed E-state index contributed by atoms with van der Waals surface area (Å²) in [6, 6.07) is 9.42. The Morgan fingerprint density at radius 3 is 2.75 bits per heavy atom. The van der Waals surface area contributed by atoms with Gasteiger partial charge in [0.2, 0.25) is 0 Å². The van der Waals surface area contributed by atoms with Gasteiger partial charge in [-0.15, -0.1) is 0 Å². The predicted molar refractivity (Wildman–Crippen MR) is 84.1 cm³/mol.